The Morgan fingerprint density at radius 2 is 2.12 bits per heavy atom. The molecule has 1 aliphatic rings. The standard InChI is InChI=1S/C10H22N2O3S/c1-10(2,13)9-5-4-7-12(9)8-6-11-16(3,14)15/h9,11,13H,4-8H2,1-3H3. The van der Waals surface area contributed by atoms with Crippen molar-refractivity contribution in [3.63, 3.8) is 0 Å². The molecule has 0 aromatic heterocycles. The fraction of sp³-hybridized carbons (Fsp3) is 1.00. The zero-order chi connectivity index (χ0) is 12.4. The van der Waals surface area contributed by atoms with Crippen molar-refractivity contribution in [2.45, 2.75) is 38.3 Å². The number of rotatable bonds is 5. The number of nitrogens with zero attached hydrogens (tertiary/aromatic N) is 1. The second-order valence-electron chi connectivity index (χ2n) is 5.01. The van der Waals surface area contributed by atoms with Crippen LogP contribution in [-0.2, 0) is 10.0 Å². The van der Waals surface area contributed by atoms with E-state index in [-0.39, 0.29) is 6.04 Å². The number of hydrogen-bond donors (Lipinski definition) is 2. The van der Waals surface area contributed by atoms with E-state index in [0.29, 0.717) is 13.1 Å². The van der Waals surface area contributed by atoms with Gasteiger partial charge in [-0.05, 0) is 33.2 Å². The summed E-state index contributed by atoms with van der Waals surface area (Å²) in [7, 11) is -3.11. The molecule has 0 aromatic rings. The first-order chi connectivity index (χ1) is 7.20. The average Bonchev–Trinajstić information content (AvgIpc) is 2.48. The largest absolute Gasteiger partial charge is 0.389 e. The van der Waals surface area contributed by atoms with Crippen LogP contribution in [0, 0.1) is 0 Å². The van der Waals surface area contributed by atoms with E-state index in [1.165, 1.54) is 0 Å². The fourth-order valence-corrected chi connectivity index (χ4v) is 2.73. The van der Waals surface area contributed by atoms with Gasteiger partial charge in [0.2, 0.25) is 10.0 Å². The maximum Gasteiger partial charge on any atom is 0.208 e. The van der Waals surface area contributed by atoms with Gasteiger partial charge in [-0.3, -0.25) is 4.90 Å². The molecule has 0 bridgehead atoms. The van der Waals surface area contributed by atoms with E-state index < -0.39 is 15.6 Å². The third kappa shape index (κ3) is 4.37. The first-order valence-electron chi connectivity index (χ1n) is 5.61. The molecular formula is C10H22N2O3S. The quantitative estimate of drug-likeness (QED) is 0.707. The molecule has 2 N–H and O–H groups in total. The van der Waals surface area contributed by atoms with Gasteiger partial charge in [-0.15, -0.1) is 0 Å². The van der Waals surface area contributed by atoms with Gasteiger partial charge in [0.1, 0.15) is 0 Å². The van der Waals surface area contributed by atoms with Crippen LogP contribution in [0.25, 0.3) is 0 Å². The Kier molecular flexibility index (Phi) is 4.34. The Morgan fingerprint density at radius 1 is 1.50 bits per heavy atom. The van der Waals surface area contributed by atoms with Gasteiger partial charge in [-0.25, -0.2) is 13.1 Å². The number of aliphatic hydroxyl groups is 1. The molecule has 1 aliphatic heterocycles. The van der Waals surface area contributed by atoms with E-state index in [4.69, 9.17) is 0 Å². The molecule has 0 aromatic carbocycles. The molecule has 1 rings (SSSR count). The molecule has 0 aliphatic carbocycles. The summed E-state index contributed by atoms with van der Waals surface area (Å²) in [4.78, 5) is 2.15. The number of hydrogen-bond acceptors (Lipinski definition) is 4. The van der Waals surface area contributed by atoms with Gasteiger partial charge in [0.05, 0.1) is 11.9 Å². The highest BCUT2D eigenvalue weighted by molar-refractivity contribution is 7.88. The number of likely N-dealkylation sites (tertiary alicyclic amines) is 1. The lowest BCUT2D eigenvalue weighted by molar-refractivity contribution is -0.00152. The van der Waals surface area contributed by atoms with Crippen LogP contribution in [0.2, 0.25) is 0 Å². The summed E-state index contributed by atoms with van der Waals surface area (Å²) in [5, 5.41) is 9.97. The molecular weight excluding hydrogens is 228 g/mol. The summed E-state index contributed by atoms with van der Waals surface area (Å²) in [6, 6.07) is 0.133. The molecule has 1 saturated heterocycles. The van der Waals surface area contributed by atoms with Gasteiger partial charge < -0.3 is 5.11 Å². The first kappa shape index (κ1) is 13.9. The average molecular weight is 250 g/mol. The normalized spacial score (nSPS) is 23.9. The lowest BCUT2D eigenvalue weighted by Crippen LogP contribution is -2.47. The predicted octanol–water partition coefficient (Wildman–Crippen LogP) is -0.229. The van der Waals surface area contributed by atoms with Crippen molar-refractivity contribution in [3.05, 3.63) is 0 Å². The van der Waals surface area contributed by atoms with Crippen molar-refractivity contribution < 1.29 is 13.5 Å². The highest BCUT2D eigenvalue weighted by atomic mass is 32.2. The minimum atomic E-state index is -3.11. The van der Waals surface area contributed by atoms with Gasteiger partial charge in [0, 0.05) is 19.1 Å². The third-order valence-corrected chi connectivity index (χ3v) is 3.67. The van der Waals surface area contributed by atoms with E-state index in [2.05, 4.69) is 9.62 Å². The lowest BCUT2D eigenvalue weighted by Gasteiger charge is -2.33. The Labute approximate surface area is 97.9 Å². The van der Waals surface area contributed by atoms with Crippen molar-refractivity contribution >= 4 is 10.0 Å². The third-order valence-electron chi connectivity index (χ3n) is 2.94. The van der Waals surface area contributed by atoms with Crippen LogP contribution in [0.1, 0.15) is 26.7 Å². The zero-order valence-electron chi connectivity index (χ0n) is 10.2. The van der Waals surface area contributed by atoms with Crippen LogP contribution >= 0.6 is 0 Å². The Bertz CT molecular complexity index is 321. The second-order valence-corrected chi connectivity index (χ2v) is 6.85. The summed E-state index contributed by atoms with van der Waals surface area (Å²) in [6.07, 6.45) is 3.19. The van der Waals surface area contributed by atoms with E-state index in [1.807, 2.05) is 0 Å². The van der Waals surface area contributed by atoms with E-state index in [0.717, 1.165) is 25.6 Å². The zero-order valence-corrected chi connectivity index (χ0v) is 11.0. The Hall–Kier alpha value is -0.170. The van der Waals surface area contributed by atoms with Crippen molar-refractivity contribution in [2.24, 2.45) is 0 Å². The molecule has 1 atom stereocenters. The number of sulfonamides is 1. The molecule has 1 unspecified atom stereocenters. The topological polar surface area (TPSA) is 69.6 Å². The maximum atomic E-state index is 10.9. The molecule has 0 amide bonds. The summed E-state index contributed by atoms with van der Waals surface area (Å²) < 4.78 is 24.3. The molecule has 1 heterocycles. The molecule has 6 heteroatoms. The fourth-order valence-electron chi connectivity index (χ4n) is 2.27. The van der Waals surface area contributed by atoms with Crippen LogP contribution in [0.5, 0.6) is 0 Å². The summed E-state index contributed by atoms with van der Waals surface area (Å²) >= 11 is 0. The lowest BCUT2D eigenvalue weighted by atomic mass is 9.97. The molecule has 96 valence electrons. The predicted molar refractivity (Wildman–Crippen MR) is 63.7 cm³/mol. The minimum absolute atomic E-state index is 0.133. The van der Waals surface area contributed by atoms with E-state index in [9.17, 15) is 13.5 Å². The van der Waals surface area contributed by atoms with Crippen LogP contribution in [0.4, 0.5) is 0 Å². The van der Waals surface area contributed by atoms with Crippen LogP contribution < -0.4 is 4.72 Å². The van der Waals surface area contributed by atoms with Gasteiger partial charge in [0.15, 0.2) is 0 Å². The van der Waals surface area contributed by atoms with Crippen molar-refractivity contribution in [1.29, 1.82) is 0 Å². The van der Waals surface area contributed by atoms with Crippen molar-refractivity contribution in [3.8, 4) is 0 Å². The highest BCUT2D eigenvalue weighted by Gasteiger charge is 2.35. The molecule has 0 radical (unpaired) electrons. The van der Waals surface area contributed by atoms with Crippen LogP contribution in [0.15, 0.2) is 0 Å². The van der Waals surface area contributed by atoms with Crippen molar-refractivity contribution in [1.82, 2.24) is 9.62 Å². The first-order valence-corrected chi connectivity index (χ1v) is 7.50. The SMILES string of the molecule is CC(C)(O)C1CCCN1CCNS(C)(=O)=O. The molecule has 5 nitrogen and oxygen atoms in total. The van der Waals surface area contributed by atoms with Gasteiger partial charge in [-0.1, -0.05) is 0 Å². The van der Waals surface area contributed by atoms with Gasteiger partial charge >= 0.3 is 0 Å². The maximum absolute atomic E-state index is 10.9. The molecule has 1 fully saturated rings. The number of nitrogens with one attached hydrogen (secondary N) is 1. The second kappa shape index (κ2) is 5.00. The van der Waals surface area contributed by atoms with E-state index in [1.54, 1.807) is 13.8 Å². The molecule has 0 saturated carbocycles. The van der Waals surface area contributed by atoms with Crippen LogP contribution in [-0.4, -0.2) is 56.0 Å². The van der Waals surface area contributed by atoms with Gasteiger partial charge in [0.25, 0.3) is 0 Å². The Morgan fingerprint density at radius 3 is 2.62 bits per heavy atom. The molecule has 16 heavy (non-hydrogen) atoms. The van der Waals surface area contributed by atoms with Crippen molar-refractivity contribution in [2.75, 3.05) is 25.9 Å². The van der Waals surface area contributed by atoms with Gasteiger partial charge in [-0.2, -0.15) is 0 Å². The monoisotopic (exact) mass is 250 g/mol. The van der Waals surface area contributed by atoms with Crippen LogP contribution in [0.3, 0.4) is 0 Å². The highest BCUT2D eigenvalue weighted by Crippen LogP contribution is 2.25. The summed E-state index contributed by atoms with van der Waals surface area (Å²) in [5.41, 5.74) is -0.721. The minimum Gasteiger partial charge on any atom is -0.389 e. The molecule has 0 spiro atoms. The smallest absolute Gasteiger partial charge is 0.208 e. The summed E-state index contributed by atoms with van der Waals surface area (Å²) in [5.74, 6) is 0. The van der Waals surface area contributed by atoms with E-state index >= 15 is 0 Å². The summed E-state index contributed by atoms with van der Waals surface area (Å²) in [6.45, 7) is 5.60. The Balaban J connectivity index is 2.42.